The minimum atomic E-state index is -0.261. The summed E-state index contributed by atoms with van der Waals surface area (Å²) < 4.78 is 18.6. The lowest BCUT2D eigenvalue weighted by atomic mass is 9.98. The molecule has 1 aliphatic rings. The van der Waals surface area contributed by atoms with E-state index < -0.39 is 0 Å². The number of nitrogen functional groups attached to an aromatic ring is 1. The normalized spacial score (nSPS) is 16.4. The third-order valence-electron chi connectivity index (χ3n) is 5.36. The molecule has 2 heterocycles. The SMILES string of the molecule is COC(=O)CCc1c(C)nc(N)nc1N1CCC(Cc2ccc(C)c(F)c2)C1. The van der Waals surface area contributed by atoms with Gasteiger partial charge in [0.25, 0.3) is 0 Å². The minimum Gasteiger partial charge on any atom is -0.469 e. The van der Waals surface area contributed by atoms with Gasteiger partial charge in [0.1, 0.15) is 11.6 Å². The lowest BCUT2D eigenvalue weighted by Crippen LogP contribution is -2.24. The molecule has 1 aromatic heterocycles. The topological polar surface area (TPSA) is 81.3 Å². The average molecular weight is 386 g/mol. The van der Waals surface area contributed by atoms with Crippen LogP contribution >= 0.6 is 0 Å². The summed E-state index contributed by atoms with van der Waals surface area (Å²) in [5, 5.41) is 0. The first kappa shape index (κ1) is 20.0. The van der Waals surface area contributed by atoms with Gasteiger partial charge in [-0.1, -0.05) is 12.1 Å². The Morgan fingerprint density at radius 1 is 1.36 bits per heavy atom. The number of hydrogen-bond donors (Lipinski definition) is 1. The van der Waals surface area contributed by atoms with Crippen LogP contribution in [0.5, 0.6) is 0 Å². The van der Waals surface area contributed by atoms with Crippen molar-refractivity contribution < 1.29 is 13.9 Å². The zero-order chi connectivity index (χ0) is 20.3. The highest BCUT2D eigenvalue weighted by Crippen LogP contribution is 2.30. The molecule has 3 rings (SSSR count). The quantitative estimate of drug-likeness (QED) is 0.769. The maximum Gasteiger partial charge on any atom is 0.305 e. The molecule has 150 valence electrons. The van der Waals surface area contributed by atoms with Crippen LogP contribution in [0.3, 0.4) is 0 Å². The van der Waals surface area contributed by atoms with Crippen LogP contribution in [0.15, 0.2) is 18.2 Å². The Balaban J connectivity index is 1.74. The number of esters is 1. The van der Waals surface area contributed by atoms with Crippen molar-refractivity contribution in [3.63, 3.8) is 0 Å². The fourth-order valence-electron chi connectivity index (χ4n) is 3.77. The molecule has 1 saturated heterocycles. The van der Waals surface area contributed by atoms with Gasteiger partial charge in [-0.05, 0) is 56.2 Å². The molecule has 1 aliphatic heterocycles. The number of nitrogens with zero attached hydrogens (tertiary/aromatic N) is 3. The van der Waals surface area contributed by atoms with E-state index in [-0.39, 0.29) is 24.2 Å². The molecule has 1 fully saturated rings. The number of ether oxygens (including phenoxy) is 1. The Labute approximate surface area is 164 Å². The van der Waals surface area contributed by atoms with E-state index in [0.717, 1.165) is 48.6 Å². The lowest BCUT2D eigenvalue weighted by molar-refractivity contribution is -0.140. The molecule has 6 nitrogen and oxygen atoms in total. The Bertz CT molecular complexity index is 872. The van der Waals surface area contributed by atoms with Gasteiger partial charge < -0.3 is 15.4 Å². The third kappa shape index (κ3) is 4.58. The first-order valence-corrected chi connectivity index (χ1v) is 9.57. The van der Waals surface area contributed by atoms with Gasteiger partial charge in [0.2, 0.25) is 5.95 Å². The van der Waals surface area contributed by atoms with Gasteiger partial charge >= 0.3 is 5.97 Å². The zero-order valence-corrected chi connectivity index (χ0v) is 16.7. The van der Waals surface area contributed by atoms with E-state index >= 15 is 0 Å². The van der Waals surface area contributed by atoms with E-state index in [2.05, 4.69) is 14.9 Å². The van der Waals surface area contributed by atoms with Crippen molar-refractivity contribution in [2.24, 2.45) is 5.92 Å². The molecular weight excluding hydrogens is 359 g/mol. The van der Waals surface area contributed by atoms with Crippen LogP contribution in [0.1, 0.15) is 35.2 Å². The second-order valence-corrected chi connectivity index (χ2v) is 7.43. The van der Waals surface area contributed by atoms with Crippen molar-refractivity contribution >= 4 is 17.7 Å². The standard InChI is InChI=1S/C21H27FN4O2/c1-13-4-5-15(11-18(13)22)10-16-8-9-26(12-16)20-17(6-7-19(27)28-3)14(2)24-21(23)25-20/h4-5,11,16H,6-10,12H2,1-3H3,(H2,23,24,25). The number of anilines is 2. The van der Waals surface area contributed by atoms with Crippen molar-refractivity contribution in [2.45, 2.75) is 39.5 Å². The Kier molecular flexibility index (Phi) is 6.11. The largest absolute Gasteiger partial charge is 0.469 e. The number of nitrogens with two attached hydrogens (primary N) is 1. The Morgan fingerprint density at radius 2 is 2.14 bits per heavy atom. The Hall–Kier alpha value is -2.70. The van der Waals surface area contributed by atoms with Gasteiger partial charge in [-0.2, -0.15) is 4.98 Å². The molecule has 28 heavy (non-hydrogen) atoms. The second kappa shape index (κ2) is 8.54. The third-order valence-corrected chi connectivity index (χ3v) is 5.36. The molecule has 0 amide bonds. The number of methoxy groups -OCH3 is 1. The fourth-order valence-corrected chi connectivity index (χ4v) is 3.77. The zero-order valence-electron chi connectivity index (χ0n) is 16.7. The van der Waals surface area contributed by atoms with Gasteiger partial charge in [-0.3, -0.25) is 4.79 Å². The van der Waals surface area contributed by atoms with Gasteiger partial charge in [0, 0.05) is 30.8 Å². The van der Waals surface area contributed by atoms with Crippen LogP contribution in [-0.2, 0) is 22.4 Å². The van der Waals surface area contributed by atoms with Crippen LogP contribution in [-0.4, -0.2) is 36.1 Å². The molecule has 0 saturated carbocycles. The van der Waals surface area contributed by atoms with E-state index in [4.69, 9.17) is 10.5 Å². The summed E-state index contributed by atoms with van der Waals surface area (Å²) in [4.78, 5) is 22.5. The number of aryl methyl sites for hydroxylation is 2. The molecule has 2 aromatic rings. The average Bonchev–Trinajstić information content (AvgIpc) is 3.11. The molecule has 1 atom stereocenters. The molecular formula is C21H27FN4O2. The van der Waals surface area contributed by atoms with Crippen LogP contribution in [0.2, 0.25) is 0 Å². The molecule has 0 aliphatic carbocycles. The van der Waals surface area contributed by atoms with Crippen LogP contribution in [0.25, 0.3) is 0 Å². The van der Waals surface area contributed by atoms with Crippen molar-refractivity contribution in [1.29, 1.82) is 0 Å². The van der Waals surface area contributed by atoms with Crippen molar-refractivity contribution in [2.75, 3.05) is 30.8 Å². The van der Waals surface area contributed by atoms with E-state index in [0.29, 0.717) is 17.9 Å². The maximum atomic E-state index is 13.8. The number of benzene rings is 1. The monoisotopic (exact) mass is 386 g/mol. The molecule has 7 heteroatoms. The highest BCUT2D eigenvalue weighted by molar-refractivity contribution is 5.70. The van der Waals surface area contributed by atoms with Gasteiger partial charge in [0.05, 0.1) is 7.11 Å². The summed E-state index contributed by atoms with van der Waals surface area (Å²) in [6.07, 6.45) is 2.61. The fraction of sp³-hybridized carbons (Fsp3) is 0.476. The second-order valence-electron chi connectivity index (χ2n) is 7.43. The van der Waals surface area contributed by atoms with E-state index in [1.165, 1.54) is 7.11 Å². The van der Waals surface area contributed by atoms with Gasteiger partial charge in [0.15, 0.2) is 0 Å². The highest BCUT2D eigenvalue weighted by atomic mass is 19.1. The molecule has 1 aromatic carbocycles. The number of halogens is 1. The number of carbonyl (C=O) groups excluding carboxylic acids is 1. The number of aromatic nitrogens is 2. The summed E-state index contributed by atoms with van der Waals surface area (Å²) in [5.41, 5.74) is 9.28. The summed E-state index contributed by atoms with van der Waals surface area (Å²) in [7, 11) is 1.38. The van der Waals surface area contributed by atoms with Crippen LogP contribution in [0.4, 0.5) is 16.2 Å². The maximum absolute atomic E-state index is 13.8. The summed E-state index contributed by atoms with van der Waals surface area (Å²) in [5.74, 6) is 1.02. The Morgan fingerprint density at radius 3 is 2.86 bits per heavy atom. The summed E-state index contributed by atoms with van der Waals surface area (Å²) in [6, 6.07) is 5.46. The molecule has 1 unspecified atom stereocenters. The lowest BCUT2D eigenvalue weighted by Gasteiger charge is -2.22. The van der Waals surface area contributed by atoms with Crippen LogP contribution < -0.4 is 10.6 Å². The smallest absolute Gasteiger partial charge is 0.305 e. The van der Waals surface area contributed by atoms with Crippen molar-refractivity contribution in [3.8, 4) is 0 Å². The number of carbonyl (C=O) groups is 1. The van der Waals surface area contributed by atoms with Gasteiger partial charge in [-0.25, -0.2) is 9.37 Å². The van der Waals surface area contributed by atoms with Crippen molar-refractivity contribution in [3.05, 3.63) is 46.4 Å². The molecule has 2 N–H and O–H groups in total. The minimum absolute atomic E-state index is 0.156. The summed E-state index contributed by atoms with van der Waals surface area (Å²) >= 11 is 0. The van der Waals surface area contributed by atoms with E-state index in [9.17, 15) is 9.18 Å². The number of rotatable bonds is 6. The molecule has 0 radical (unpaired) electrons. The molecule has 0 bridgehead atoms. The first-order chi connectivity index (χ1) is 13.4. The summed E-state index contributed by atoms with van der Waals surface area (Å²) in [6.45, 7) is 5.32. The van der Waals surface area contributed by atoms with E-state index in [1.54, 1.807) is 13.0 Å². The first-order valence-electron chi connectivity index (χ1n) is 9.57. The predicted octanol–water partition coefficient (Wildman–Crippen LogP) is 2.99. The number of hydrogen-bond acceptors (Lipinski definition) is 6. The molecule has 0 spiro atoms. The highest BCUT2D eigenvalue weighted by Gasteiger charge is 2.27. The van der Waals surface area contributed by atoms with E-state index in [1.807, 2.05) is 19.1 Å². The van der Waals surface area contributed by atoms with Gasteiger partial charge in [-0.15, -0.1) is 0 Å². The van der Waals surface area contributed by atoms with Crippen molar-refractivity contribution in [1.82, 2.24) is 9.97 Å². The predicted molar refractivity (Wildman–Crippen MR) is 107 cm³/mol. The van der Waals surface area contributed by atoms with Crippen LogP contribution in [0, 0.1) is 25.6 Å².